The van der Waals surface area contributed by atoms with E-state index < -0.39 is 6.04 Å². The maximum atomic E-state index is 12.8. The standard InChI is InChI=1S/C19H14Cl3N3O2/c20-14-6-4-13(8-12(14)10-23)24-18(26)17-2-1-7-25(17)19(27)11-3-5-15(21)16(22)9-11/h3-6,8-9,17H,1-2,7H2,(H,24,26). The van der Waals surface area contributed by atoms with Crippen molar-refractivity contribution in [3.05, 3.63) is 62.6 Å². The molecule has 27 heavy (non-hydrogen) atoms. The Hall–Kier alpha value is -2.26. The van der Waals surface area contributed by atoms with E-state index in [9.17, 15) is 9.59 Å². The Labute approximate surface area is 171 Å². The van der Waals surface area contributed by atoms with Crippen molar-refractivity contribution in [2.24, 2.45) is 0 Å². The second kappa shape index (κ2) is 8.18. The number of hydrogen-bond donors (Lipinski definition) is 1. The van der Waals surface area contributed by atoms with Gasteiger partial charge >= 0.3 is 0 Å². The molecule has 0 radical (unpaired) electrons. The van der Waals surface area contributed by atoms with E-state index in [4.69, 9.17) is 40.1 Å². The minimum absolute atomic E-state index is 0.268. The number of carbonyl (C=O) groups excluding carboxylic acids is 2. The number of likely N-dealkylation sites (tertiary alicyclic amines) is 1. The summed E-state index contributed by atoms with van der Waals surface area (Å²) < 4.78 is 0. The molecule has 0 aromatic heterocycles. The van der Waals surface area contributed by atoms with Crippen LogP contribution in [0.15, 0.2) is 36.4 Å². The third-order valence-electron chi connectivity index (χ3n) is 4.34. The van der Waals surface area contributed by atoms with Crippen LogP contribution in [0, 0.1) is 11.3 Å². The Kier molecular flexibility index (Phi) is 5.91. The third-order valence-corrected chi connectivity index (χ3v) is 5.41. The topological polar surface area (TPSA) is 73.2 Å². The molecule has 3 rings (SSSR count). The molecule has 8 heteroatoms. The van der Waals surface area contributed by atoms with Gasteiger partial charge in [0.05, 0.1) is 20.6 Å². The summed E-state index contributed by atoms with van der Waals surface area (Å²) in [5, 5.41) is 12.8. The fourth-order valence-corrected chi connectivity index (χ4v) is 3.45. The van der Waals surface area contributed by atoms with Gasteiger partial charge in [0, 0.05) is 17.8 Å². The number of halogens is 3. The zero-order valence-corrected chi connectivity index (χ0v) is 16.3. The average molecular weight is 423 g/mol. The predicted molar refractivity (Wildman–Crippen MR) is 105 cm³/mol. The largest absolute Gasteiger partial charge is 0.327 e. The third kappa shape index (κ3) is 4.19. The van der Waals surface area contributed by atoms with Crippen LogP contribution in [0.5, 0.6) is 0 Å². The van der Waals surface area contributed by atoms with Crippen LogP contribution in [0.1, 0.15) is 28.8 Å². The fourth-order valence-electron chi connectivity index (χ4n) is 2.99. The summed E-state index contributed by atoms with van der Waals surface area (Å²) >= 11 is 17.8. The number of amides is 2. The van der Waals surface area contributed by atoms with Crippen LogP contribution in [-0.4, -0.2) is 29.3 Å². The smallest absolute Gasteiger partial charge is 0.254 e. The lowest BCUT2D eigenvalue weighted by Crippen LogP contribution is -2.43. The Morgan fingerprint density at radius 2 is 1.81 bits per heavy atom. The van der Waals surface area contributed by atoms with Gasteiger partial charge in [-0.05, 0) is 49.2 Å². The van der Waals surface area contributed by atoms with E-state index in [0.29, 0.717) is 34.3 Å². The monoisotopic (exact) mass is 421 g/mol. The Balaban J connectivity index is 1.77. The van der Waals surface area contributed by atoms with Crippen LogP contribution < -0.4 is 5.32 Å². The number of hydrogen-bond acceptors (Lipinski definition) is 3. The molecule has 1 aliphatic heterocycles. The summed E-state index contributed by atoms with van der Waals surface area (Å²) in [6, 6.07) is 10.7. The lowest BCUT2D eigenvalue weighted by Gasteiger charge is -2.24. The average Bonchev–Trinajstić information content (AvgIpc) is 3.14. The molecule has 2 aromatic rings. The first-order chi connectivity index (χ1) is 12.9. The molecule has 0 saturated carbocycles. The molecule has 1 fully saturated rings. The van der Waals surface area contributed by atoms with Crippen molar-refractivity contribution in [3.63, 3.8) is 0 Å². The highest BCUT2D eigenvalue weighted by atomic mass is 35.5. The molecule has 5 nitrogen and oxygen atoms in total. The van der Waals surface area contributed by atoms with Gasteiger partial charge in [-0.15, -0.1) is 0 Å². The number of nitrogens with zero attached hydrogens (tertiary/aromatic N) is 2. The number of anilines is 1. The minimum Gasteiger partial charge on any atom is -0.327 e. The quantitative estimate of drug-likeness (QED) is 0.775. The van der Waals surface area contributed by atoms with E-state index in [2.05, 4.69) is 5.32 Å². The molecule has 1 aliphatic rings. The molecule has 138 valence electrons. The second-order valence-electron chi connectivity index (χ2n) is 6.08. The molecule has 0 bridgehead atoms. The van der Waals surface area contributed by atoms with Crippen molar-refractivity contribution in [1.82, 2.24) is 4.90 Å². The SMILES string of the molecule is N#Cc1cc(NC(=O)C2CCCN2C(=O)c2ccc(Cl)c(Cl)c2)ccc1Cl. The fraction of sp³-hybridized carbons (Fsp3) is 0.211. The van der Waals surface area contributed by atoms with E-state index in [-0.39, 0.29) is 22.4 Å². The van der Waals surface area contributed by atoms with Gasteiger partial charge in [-0.2, -0.15) is 5.26 Å². The Bertz CT molecular complexity index is 956. The molecule has 1 unspecified atom stereocenters. The number of nitriles is 1. The normalized spacial score (nSPS) is 16.1. The number of nitrogens with one attached hydrogen (secondary N) is 1. The van der Waals surface area contributed by atoms with Gasteiger partial charge in [0.25, 0.3) is 5.91 Å². The first kappa shape index (κ1) is 19.5. The summed E-state index contributed by atoms with van der Waals surface area (Å²) in [5.41, 5.74) is 1.10. The number of benzene rings is 2. The van der Waals surface area contributed by atoms with E-state index in [1.807, 2.05) is 6.07 Å². The highest BCUT2D eigenvalue weighted by molar-refractivity contribution is 6.42. The molecular formula is C19H14Cl3N3O2. The number of rotatable bonds is 3. The minimum atomic E-state index is -0.604. The van der Waals surface area contributed by atoms with Crippen molar-refractivity contribution >= 4 is 52.3 Å². The van der Waals surface area contributed by atoms with Gasteiger partial charge in [-0.25, -0.2) is 0 Å². The molecule has 2 amide bonds. The van der Waals surface area contributed by atoms with E-state index >= 15 is 0 Å². The van der Waals surface area contributed by atoms with Crippen molar-refractivity contribution in [2.45, 2.75) is 18.9 Å². The highest BCUT2D eigenvalue weighted by Crippen LogP contribution is 2.27. The Morgan fingerprint density at radius 1 is 1.07 bits per heavy atom. The zero-order valence-electron chi connectivity index (χ0n) is 14.0. The van der Waals surface area contributed by atoms with Crippen molar-refractivity contribution < 1.29 is 9.59 Å². The second-order valence-corrected chi connectivity index (χ2v) is 7.30. The summed E-state index contributed by atoms with van der Waals surface area (Å²) in [4.78, 5) is 27.0. The summed E-state index contributed by atoms with van der Waals surface area (Å²) in [7, 11) is 0. The molecule has 1 N–H and O–H groups in total. The molecule has 1 heterocycles. The summed E-state index contributed by atoms with van der Waals surface area (Å²) in [5.74, 6) is -0.591. The molecule has 0 spiro atoms. The Morgan fingerprint density at radius 3 is 2.52 bits per heavy atom. The number of carbonyl (C=O) groups is 2. The summed E-state index contributed by atoms with van der Waals surface area (Å²) in [6.07, 6.45) is 1.27. The lowest BCUT2D eigenvalue weighted by molar-refractivity contribution is -0.119. The van der Waals surface area contributed by atoms with Gasteiger partial charge in [0.1, 0.15) is 12.1 Å². The van der Waals surface area contributed by atoms with Gasteiger partial charge in [0.2, 0.25) is 5.91 Å². The van der Waals surface area contributed by atoms with E-state index in [1.54, 1.807) is 24.3 Å². The van der Waals surface area contributed by atoms with E-state index in [1.165, 1.54) is 17.0 Å². The van der Waals surface area contributed by atoms with Gasteiger partial charge < -0.3 is 10.2 Å². The van der Waals surface area contributed by atoms with Gasteiger partial charge in [-0.1, -0.05) is 34.8 Å². The van der Waals surface area contributed by atoms with Crippen LogP contribution in [0.2, 0.25) is 15.1 Å². The van der Waals surface area contributed by atoms with Crippen LogP contribution in [0.4, 0.5) is 5.69 Å². The first-order valence-corrected chi connectivity index (χ1v) is 9.30. The first-order valence-electron chi connectivity index (χ1n) is 8.17. The van der Waals surface area contributed by atoms with Crippen molar-refractivity contribution in [3.8, 4) is 6.07 Å². The van der Waals surface area contributed by atoms with Crippen LogP contribution in [0.25, 0.3) is 0 Å². The molecule has 1 saturated heterocycles. The molecular weight excluding hydrogens is 409 g/mol. The lowest BCUT2D eigenvalue weighted by atomic mass is 10.1. The maximum Gasteiger partial charge on any atom is 0.254 e. The molecule has 2 aromatic carbocycles. The summed E-state index contributed by atoms with van der Waals surface area (Å²) in [6.45, 7) is 0.473. The van der Waals surface area contributed by atoms with Crippen molar-refractivity contribution in [2.75, 3.05) is 11.9 Å². The predicted octanol–water partition coefficient (Wildman–Crippen LogP) is 4.76. The maximum absolute atomic E-state index is 12.8. The van der Waals surface area contributed by atoms with Crippen LogP contribution >= 0.6 is 34.8 Å². The van der Waals surface area contributed by atoms with E-state index in [0.717, 1.165) is 6.42 Å². The highest BCUT2D eigenvalue weighted by Gasteiger charge is 2.34. The molecule has 0 aliphatic carbocycles. The zero-order chi connectivity index (χ0) is 19.6. The molecule has 1 atom stereocenters. The van der Waals surface area contributed by atoms with Gasteiger partial charge in [-0.3, -0.25) is 9.59 Å². The van der Waals surface area contributed by atoms with Gasteiger partial charge in [0.15, 0.2) is 0 Å². The van der Waals surface area contributed by atoms with Crippen molar-refractivity contribution in [1.29, 1.82) is 5.26 Å². The van der Waals surface area contributed by atoms with Crippen LogP contribution in [-0.2, 0) is 4.79 Å². The van der Waals surface area contributed by atoms with Crippen LogP contribution in [0.3, 0.4) is 0 Å².